The number of rotatable bonds is 2. The Morgan fingerprint density at radius 1 is 1.26 bits per heavy atom. The van der Waals surface area contributed by atoms with Gasteiger partial charge in [0, 0.05) is 18.4 Å². The van der Waals surface area contributed by atoms with Gasteiger partial charge in [0.1, 0.15) is 0 Å². The van der Waals surface area contributed by atoms with Crippen molar-refractivity contribution in [2.75, 3.05) is 0 Å². The molecular weight excluding hydrogens is 242 g/mol. The molecule has 100 valence electrons. The average molecular weight is 259 g/mol. The fourth-order valence-corrected chi connectivity index (χ4v) is 3.37. The highest BCUT2D eigenvalue weighted by Gasteiger charge is 2.38. The van der Waals surface area contributed by atoms with E-state index < -0.39 is 0 Å². The van der Waals surface area contributed by atoms with Crippen LogP contribution in [0.2, 0.25) is 0 Å². The molecule has 2 N–H and O–H groups in total. The fraction of sp³-hybridized carbons (Fsp3) is 0.615. The smallest absolute Gasteiger partial charge is 0.244 e. The molecule has 3 atom stereocenters. The number of hydrogen-bond donors (Lipinski definition) is 2. The molecule has 1 saturated heterocycles. The molecule has 1 saturated carbocycles. The minimum absolute atomic E-state index is 0.212. The number of aromatic amines is 1. The Kier molecular flexibility index (Phi) is 2.61. The summed E-state index contributed by atoms with van der Waals surface area (Å²) in [5.41, 5.74) is 0. The van der Waals surface area contributed by atoms with E-state index in [-0.39, 0.29) is 6.04 Å². The maximum atomic E-state index is 5.39. The van der Waals surface area contributed by atoms with Gasteiger partial charge in [0.2, 0.25) is 11.7 Å². The molecule has 2 aromatic rings. The van der Waals surface area contributed by atoms with Crippen molar-refractivity contribution in [3.05, 3.63) is 18.3 Å². The second-order valence-electron chi connectivity index (χ2n) is 5.50. The SMILES string of the molecule is c1c[nH]c(-c2noc(C3CC4CCCCC4N3)n2)n1. The van der Waals surface area contributed by atoms with Gasteiger partial charge in [-0.2, -0.15) is 4.98 Å². The van der Waals surface area contributed by atoms with Crippen LogP contribution in [0, 0.1) is 5.92 Å². The third-order valence-corrected chi connectivity index (χ3v) is 4.31. The van der Waals surface area contributed by atoms with Gasteiger partial charge < -0.3 is 14.8 Å². The molecule has 2 fully saturated rings. The first-order chi connectivity index (χ1) is 9.40. The maximum Gasteiger partial charge on any atom is 0.244 e. The molecule has 1 aliphatic carbocycles. The van der Waals surface area contributed by atoms with Crippen molar-refractivity contribution in [2.45, 2.75) is 44.2 Å². The molecule has 0 aromatic carbocycles. The van der Waals surface area contributed by atoms with Crippen LogP contribution in [0.15, 0.2) is 16.9 Å². The second-order valence-corrected chi connectivity index (χ2v) is 5.50. The molecule has 0 radical (unpaired) electrons. The molecule has 6 nitrogen and oxygen atoms in total. The van der Waals surface area contributed by atoms with E-state index in [0.717, 1.165) is 12.3 Å². The molecule has 2 aliphatic rings. The number of imidazole rings is 1. The van der Waals surface area contributed by atoms with Crippen molar-refractivity contribution in [3.8, 4) is 11.6 Å². The number of fused-ring (bicyclic) bond motifs is 1. The van der Waals surface area contributed by atoms with E-state index in [0.29, 0.717) is 23.6 Å². The van der Waals surface area contributed by atoms with Crippen LogP contribution in [0.25, 0.3) is 11.6 Å². The number of H-pyrrole nitrogens is 1. The van der Waals surface area contributed by atoms with E-state index in [1.54, 1.807) is 12.4 Å². The highest BCUT2D eigenvalue weighted by Crippen LogP contribution is 2.38. The van der Waals surface area contributed by atoms with Gasteiger partial charge in [-0.1, -0.05) is 18.0 Å². The molecule has 2 aromatic heterocycles. The number of nitrogens with zero attached hydrogens (tertiary/aromatic N) is 3. The quantitative estimate of drug-likeness (QED) is 0.862. The van der Waals surface area contributed by atoms with E-state index in [9.17, 15) is 0 Å². The summed E-state index contributed by atoms with van der Waals surface area (Å²) >= 11 is 0. The minimum atomic E-state index is 0.212. The van der Waals surface area contributed by atoms with Crippen LogP contribution in [0.1, 0.15) is 44.0 Å². The monoisotopic (exact) mass is 259 g/mol. The van der Waals surface area contributed by atoms with Crippen molar-refractivity contribution in [2.24, 2.45) is 5.92 Å². The van der Waals surface area contributed by atoms with Crippen molar-refractivity contribution in [1.29, 1.82) is 0 Å². The van der Waals surface area contributed by atoms with Gasteiger partial charge >= 0.3 is 0 Å². The Morgan fingerprint density at radius 2 is 2.21 bits per heavy atom. The first kappa shape index (κ1) is 11.2. The summed E-state index contributed by atoms with van der Waals surface area (Å²) in [4.78, 5) is 11.6. The van der Waals surface area contributed by atoms with E-state index >= 15 is 0 Å². The third kappa shape index (κ3) is 1.96. The van der Waals surface area contributed by atoms with E-state index in [1.807, 2.05) is 0 Å². The lowest BCUT2D eigenvalue weighted by Crippen LogP contribution is -2.30. The molecule has 3 unspecified atom stereocenters. The highest BCUT2D eigenvalue weighted by atomic mass is 16.5. The lowest BCUT2D eigenvalue weighted by Gasteiger charge is -2.24. The molecule has 19 heavy (non-hydrogen) atoms. The van der Waals surface area contributed by atoms with E-state index in [2.05, 4.69) is 25.4 Å². The Hall–Kier alpha value is -1.69. The van der Waals surface area contributed by atoms with Crippen LogP contribution in [0.5, 0.6) is 0 Å². The summed E-state index contributed by atoms with van der Waals surface area (Å²) in [6, 6.07) is 0.849. The predicted octanol–water partition coefficient (Wildman–Crippen LogP) is 2.05. The topological polar surface area (TPSA) is 79.6 Å². The van der Waals surface area contributed by atoms with Gasteiger partial charge in [-0.15, -0.1) is 0 Å². The maximum absolute atomic E-state index is 5.39. The second kappa shape index (κ2) is 4.45. The van der Waals surface area contributed by atoms with Gasteiger partial charge in [0.05, 0.1) is 6.04 Å². The zero-order chi connectivity index (χ0) is 12.7. The Labute approximate surface area is 111 Å². The van der Waals surface area contributed by atoms with E-state index in [1.165, 1.54) is 25.7 Å². The van der Waals surface area contributed by atoms with Gasteiger partial charge in [0.15, 0.2) is 5.82 Å². The van der Waals surface area contributed by atoms with Crippen molar-refractivity contribution in [3.63, 3.8) is 0 Å². The third-order valence-electron chi connectivity index (χ3n) is 4.31. The average Bonchev–Trinajstić information content (AvgIpc) is 3.17. The number of aromatic nitrogens is 4. The van der Waals surface area contributed by atoms with Gasteiger partial charge in [0.25, 0.3) is 0 Å². The number of hydrogen-bond acceptors (Lipinski definition) is 5. The minimum Gasteiger partial charge on any atom is -0.342 e. The summed E-state index contributed by atoms with van der Waals surface area (Å²) in [6.07, 6.45) is 9.86. The molecule has 0 spiro atoms. The van der Waals surface area contributed by atoms with E-state index in [4.69, 9.17) is 4.52 Å². The Balaban J connectivity index is 1.54. The van der Waals surface area contributed by atoms with Crippen molar-refractivity contribution >= 4 is 0 Å². The van der Waals surface area contributed by atoms with Gasteiger partial charge in [-0.05, 0) is 25.2 Å². The summed E-state index contributed by atoms with van der Waals surface area (Å²) in [6.45, 7) is 0. The van der Waals surface area contributed by atoms with Crippen molar-refractivity contribution < 1.29 is 4.52 Å². The lowest BCUT2D eigenvalue weighted by atomic mass is 9.85. The van der Waals surface area contributed by atoms with Crippen LogP contribution in [-0.4, -0.2) is 26.2 Å². The first-order valence-electron chi connectivity index (χ1n) is 6.99. The summed E-state index contributed by atoms with van der Waals surface area (Å²) < 4.78 is 5.39. The van der Waals surface area contributed by atoms with Crippen molar-refractivity contribution in [1.82, 2.24) is 25.4 Å². The molecular formula is C13H17N5O. The molecule has 0 amide bonds. The first-order valence-corrected chi connectivity index (χ1v) is 6.99. The molecule has 0 bridgehead atoms. The standard InChI is InChI=1S/C13H17N5O/c1-2-4-9-8(3-1)7-10(16-9)13-17-12(18-19-13)11-14-5-6-15-11/h5-6,8-10,16H,1-4,7H2,(H,14,15). The zero-order valence-electron chi connectivity index (χ0n) is 10.7. The normalized spacial score (nSPS) is 30.4. The largest absolute Gasteiger partial charge is 0.342 e. The zero-order valence-corrected chi connectivity index (χ0v) is 10.7. The molecule has 1 aliphatic heterocycles. The van der Waals surface area contributed by atoms with Crippen LogP contribution in [-0.2, 0) is 0 Å². The summed E-state index contributed by atoms with van der Waals surface area (Å²) in [5, 5.41) is 7.64. The predicted molar refractivity (Wildman–Crippen MR) is 68.1 cm³/mol. The highest BCUT2D eigenvalue weighted by molar-refractivity contribution is 5.40. The molecule has 6 heteroatoms. The van der Waals surface area contributed by atoms with Crippen LogP contribution >= 0.6 is 0 Å². The van der Waals surface area contributed by atoms with Crippen LogP contribution in [0.3, 0.4) is 0 Å². The van der Waals surface area contributed by atoms with Gasteiger partial charge in [-0.25, -0.2) is 4.98 Å². The lowest BCUT2D eigenvalue weighted by molar-refractivity contribution is 0.324. The van der Waals surface area contributed by atoms with Crippen LogP contribution in [0.4, 0.5) is 0 Å². The summed E-state index contributed by atoms with van der Waals surface area (Å²) in [5.74, 6) is 2.67. The van der Waals surface area contributed by atoms with Crippen LogP contribution < -0.4 is 5.32 Å². The summed E-state index contributed by atoms with van der Waals surface area (Å²) in [7, 11) is 0. The molecule has 4 rings (SSSR count). The molecule has 3 heterocycles. The van der Waals surface area contributed by atoms with Gasteiger partial charge in [-0.3, -0.25) is 0 Å². The fourth-order valence-electron chi connectivity index (χ4n) is 3.37. The Morgan fingerprint density at radius 3 is 3.05 bits per heavy atom. The Bertz CT molecular complexity index is 535. The number of nitrogens with one attached hydrogen (secondary N) is 2.